The minimum absolute atomic E-state index is 0.367. The first-order valence-electron chi connectivity index (χ1n) is 6.62. The summed E-state index contributed by atoms with van der Waals surface area (Å²) in [5.74, 6) is 0. The fraction of sp³-hybridized carbons (Fsp3) is 0.312. The quantitative estimate of drug-likeness (QED) is 0.883. The third-order valence-electron chi connectivity index (χ3n) is 3.80. The SMILES string of the molecule is CC(O)C(CN)(Cc1ccc(Br)cn1)c1ccccc1. The molecule has 2 unspecified atom stereocenters. The van der Waals surface area contributed by atoms with Crippen LogP contribution in [0.15, 0.2) is 53.1 Å². The lowest BCUT2D eigenvalue weighted by Crippen LogP contribution is -2.46. The highest BCUT2D eigenvalue weighted by Gasteiger charge is 2.36. The van der Waals surface area contributed by atoms with Gasteiger partial charge in [-0.25, -0.2) is 0 Å². The Bertz CT molecular complexity index is 542. The zero-order valence-corrected chi connectivity index (χ0v) is 13.0. The number of rotatable bonds is 5. The number of aromatic nitrogens is 1. The number of benzene rings is 1. The first-order chi connectivity index (χ1) is 9.58. The molecule has 0 saturated heterocycles. The molecule has 0 aliphatic rings. The number of aliphatic hydroxyl groups excluding tert-OH is 1. The average molecular weight is 335 g/mol. The van der Waals surface area contributed by atoms with Crippen LogP contribution in [0.2, 0.25) is 0 Å². The second kappa shape index (κ2) is 6.48. The Morgan fingerprint density at radius 2 is 1.95 bits per heavy atom. The fourth-order valence-corrected chi connectivity index (χ4v) is 2.69. The predicted molar refractivity (Wildman–Crippen MR) is 84.5 cm³/mol. The van der Waals surface area contributed by atoms with Gasteiger partial charge in [0.15, 0.2) is 0 Å². The van der Waals surface area contributed by atoms with Crippen LogP contribution >= 0.6 is 15.9 Å². The summed E-state index contributed by atoms with van der Waals surface area (Å²) in [5.41, 5.74) is 7.47. The maximum absolute atomic E-state index is 10.3. The Morgan fingerprint density at radius 3 is 2.45 bits per heavy atom. The first-order valence-corrected chi connectivity index (χ1v) is 7.42. The van der Waals surface area contributed by atoms with Crippen molar-refractivity contribution >= 4 is 15.9 Å². The highest BCUT2D eigenvalue weighted by Crippen LogP contribution is 2.31. The lowest BCUT2D eigenvalue weighted by atomic mass is 9.72. The zero-order valence-electron chi connectivity index (χ0n) is 11.5. The standard InChI is InChI=1S/C16H19BrN2O/c1-12(20)16(11-18,13-5-3-2-4-6-13)9-15-8-7-14(17)10-19-15/h2-8,10,12,20H,9,11,18H2,1H3. The third kappa shape index (κ3) is 3.08. The van der Waals surface area contributed by atoms with Crippen molar-refractivity contribution in [2.75, 3.05) is 6.54 Å². The molecule has 3 nitrogen and oxygen atoms in total. The largest absolute Gasteiger partial charge is 0.392 e. The predicted octanol–water partition coefficient (Wildman–Crippen LogP) is 2.66. The monoisotopic (exact) mass is 334 g/mol. The van der Waals surface area contributed by atoms with Gasteiger partial charge in [0.2, 0.25) is 0 Å². The number of hydrogen-bond donors (Lipinski definition) is 2. The molecule has 0 aliphatic carbocycles. The number of pyridine rings is 1. The topological polar surface area (TPSA) is 59.1 Å². The Kier molecular flexibility index (Phi) is 4.91. The molecule has 20 heavy (non-hydrogen) atoms. The van der Waals surface area contributed by atoms with Crippen LogP contribution in [0.3, 0.4) is 0 Å². The average Bonchev–Trinajstić information content (AvgIpc) is 2.47. The van der Waals surface area contributed by atoms with Crippen molar-refractivity contribution in [1.82, 2.24) is 4.98 Å². The highest BCUT2D eigenvalue weighted by molar-refractivity contribution is 9.10. The van der Waals surface area contributed by atoms with E-state index in [1.807, 2.05) is 42.5 Å². The normalized spacial score (nSPS) is 15.6. The summed E-state index contributed by atoms with van der Waals surface area (Å²) in [5, 5.41) is 10.3. The van der Waals surface area contributed by atoms with Gasteiger partial charge in [0, 0.05) is 34.7 Å². The van der Waals surface area contributed by atoms with E-state index >= 15 is 0 Å². The van der Waals surface area contributed by atoms with E-state index in [9.17, 15) is 5.11 Å². The van der Waals surface area contributed by atoms with Crippen LogP contribution in [0.1, 0.15) is 18.2 Å². The summed E-state index contributed by atoms with van der Waals surface area (Å²) in [6.45, 7) is 2.16. The highest BCUT2D eigenvalue weighted by atomic mass is 79.9. The molecule has 2 rings (SSSR count). The van der Waals surface area contributed by atoms with Crippen molar-refractivity contribution < 1.29 is 5.11 Å². The van der Waals surface area contributed by atoms with Gasteiger partial charge in [-0.15, -0.1) is 0 Å². The van der Waals surface area contributed by atoms with E-state index in [4.69, 9.17) is 5.73 Å². The van der Waals surface area contributed by atoms with Crippen molar-refractivity contribution in [3.8, 4) is 0 Å². The van der Waals surface area contributed by atoms with E-state index in [2.05, 4.69) is 20.9 Å². The smallest absolute Gasteiger partial charge is 0.0624 e. The van der Waals surface area contributed by atoms with Crippen LogP contribution in [0, 0.1) is 0 Å². The lowest BCUT2D eigenvalue weighted by Gasteiger charge is -2.36. The van der Waals surface area contributed by atoms with E-state index in [-0.39, 0.29) is 0 Å². The number of aliphatic hydroxyl groups is 1. The molecule has 0 spiro atoms. The molecule has 4 heteroatoms. The van der Waals surface area contributed by atoms with Gasteiger partial charge in [-0.05, 0) is 40.5 Å². The minimum Gasteiger partial charge on any atom is -0.392 e. The van der Waals surface area contributed by atoms with E-state index in [1.54, 1.807) is 13.1 Å². The Balaban J connectivity index is 2.40. The minimum atomic E-state index is -0.555. The molecule has 2 aromatic rings. The molecule has 0 fully saturated rings. The van der Waals surface area contributed by atoms with Crippen LogP contribution in [0.4, 0.5) is 0 Å². The van der Waals surface area contributed by atoms with Gasteiger partial charge in [-0.1, -0.05) is 30.3 Å². The third-order valence-corrected chi connectivity index (χ3v) is 4.27. The molecule has 106 valence electrons. The molecule has 0 aliphatic heterocycles. The van der Waals surface area contributed by atoms with E-state index in [0.29, 0.717) is 13.0 Å². The Hall–Kier alpha value is -1.23. The summed E-state index contributed by atoms with van der Waals surface area (Å²) >= 11 is 3.38. The van der Waals surface area contributed by atoms with Gasteiger partial charge in [-0.3, -0.25) is 4.98 Å². The van der Waals surface area contributed by atoms with E-state index in [0.717, 1.165) is 15.7 Å². The fourth-order valence-electron chi connectivity index (χ4n) is 2.46. The van der Waals surface area contributed by atoms with Crippen molar-refractivity contribution in [2.24, 2.45) is 5.73 Å². The van der Waals surface area contributed by atoms with Gasteiger partial charge in [0.05, 0.1) is 6.10 Å². The molecular formula is C16H19BrN2O. The summed E-state index contributed by atoms with van der Waals surface area (Å²) in [6.07, 6.45) is 1.82. The molecular weight excluding hydrogens is 316 g/mol. The molecule has 1 aromatic carbocycles. The van der Waals surface area contributed by atoms with Crippen molar-refractivity contribution in [3.63, 3.8) is 0 Å². The number of nitrogens with two attached hydrogens (primary N) is 1. The maximum Gasteiger partial charge on any atom is 0.0624 e. The second-order valence-corrected chi connectivity index (χ2v) is 5.96. The van der Waals surface area contributed by atoms with Crippen LogP contribution < -0.4 is 5.73 Å². The zero-order chi connectivity index (χ0) is 14.6. The van der Waals surface area contributed by atoms with Crippen LogP contribution in [0.25, 0.3) is 0 Å². The molecule has 0 radical (unpaired) electrons. The van der Waals surface area contributed by atoms with Gasteiger partial charge in [-0.2, -0.15) is 0 Å². The van der Waals surface area contributed by atoms with Crippen molar-refractivity contribution in [2.45, 2.75) is 24.9 Å². The Morgan fingerprint density at radius 1 is 1.25 bits per heavy atom. The summed E-state index contributed by atoms with van der Waals surface area (Å²) in [7, 11) is 0. The molecule has 0 saturated carbocycles. The van der Waals surface area contributed by atoms with Gasteiger partial charge >= 0.3 is 0 Å². The van der Waals surface area contributed by atoms with Gasteiger partial charge in [0.1, 0.15) is 0 Å². The molecule has 0 bridgehead atoms. The van der Waals surface area contributed by atoms with Crippen LogP contribution in [-0.2, 0) is 11.8 Å². The van der Waals surface area contributed by atoms with E-state index < -0.39 is 11.5 Å². The van der Waals surface area contributed by atoms with E-state index in [1.165, 1.54) is 0 Å². The second-order valence-electron chi connectivity index (χ2n) is 5.05. The summed E-state index contributed by atoms with van der Waals surface area (Å²) in [4.78, 5) is 4.41. The van der Waals surface area contributed by atoms with Crippen LogP contribution in [-0.4, -0.2) is 22.7 Å². The van der Waals surface area contributed by atoms with Gasteiger partial charge in [0.25, 0.3) is 0 Å². The number of halogens is 1. The van der Waals surface area contributed by atoms with Gasteiger partial charge < -0.3 is 10.8 Å². The van der Waals surface area contributed by atoms with Crippen molar-refractivity contribution in [3.05, 3.63) is 64.4 Å². The van der Waals surface area contributed by atoms with Crippen LogP contribution in [0.5, 0.6) is 0 Å². The molecule has 1 aromatic heterocycles. The molecule has 2 atom stereocenters. The number of nitrogens with zero attached hydrogens (tertiary/aromatic N) is 1. The van der Waals surface area contributed by atoms with Crippen molar-refractivity contribution in [1.29, 1.82) is 0 Å². The number of hydrogen-bond acceptors (Lipinski definition) is 3. The Labute approximate surface area is 128 Å². The molecule has 3 N–H and O–H groups in total. The molecule has 1 heterocycles. The maximum atomic E-state index is 10.3. The first kappa shape index (κ1) is 15.2. The lowest BCUT2D eigenvalue weighted by molar-refractivity contribution is 0.0994. The summed E-state index contributed by atoms with van der Waals surface area (Å²) in [6, 6.07) is 13.8. The molecule has 0 amide bonds. The summed E-state index contributed by atoms with van der Waals surface area (Å²) < 4.78 is 0.941.